The molecular weight excluding hydrogens is 290 g/mol. The molecular formula is C16H24F2N2S. The summed E-state index contributed by atoms with van der Waals surface area (Å²) in [5.74, 6) is 1.49. The monoisotopic (exact) mass is 314 g/mol. The molecule has 0 saturated carbocycles. The molecule has 0 aromatic heterocycles. The quantitative estimate of drug-likeness (QED) is 0.869. The van der Waals surface area contributed by atoms with Crippen LogP contribution in [0.5, 0.6) is 0 Å². The van der Waals surface area contributed by atoms with Gasteiger partial charge in [-0.2, -0.15) is 11.8 Å². The Hall–Kier alpha value is -0.650. The molecule has 1 aromatic carbocycles. The zero-order valence-electron chi connectivity index (χ0n) is 12.7. The Kier molecular flexibility index (Phi) is 6.45. The van der Waals surface area contributed by atoms with E-state index >= 15 is 0 Å². The SMILES string of the molecule is CCCNC(Cc1cc(F)ccc1F)C1CSCCN1C. The van der Waals surface area contributed by atoms with Crippen molar-refractivity contribution in [1.82, 2.24) is 10.2 Å². The van der Waals surface area contributed by atoms with E-state index in [1.165, 1.54) is 18.2 Å². The van der Waals surface area contributed by atoms with Gasteiger partial charge in [-0.3, -0.25) is 0 Å². The summed E-state index contributed by atoms with van der Waals surface area (Å²) in [5, 5.41) is 3.52. The first kappa shape index (κ1) is 16.7. The Balaban J connectivity index is 2.13. The van der Waals surface area contributed by atoms with Crippen LogP contribution in [0.1, 0.15) is 18.9 Å². The molecule has 2 rings (SSSR count). The molecule has 21 heavy (non-hydrogen) atoms. The molecule has 2 atom stereocenters. The minimum Gasteiger partial charge on any atom is -0.312 e. The molecule has 1 aliphatic heterocycles. The molecule has 2 nitrogen and oxygen atoms in total. The standard InChI is InChI=1S/C16H24F2N2S/c1-3-6-19-15(16-11-21-8-7-20(16)2)10-12-9-13(17)4-5-14(12)18/h4-5,9,15-16,19H,3,6-8,10-11H2,1-2H3. The van der Waals surface area contributed by atoms with Crippen molar-refractivity contribution in [2.75, 3.05) is 31.6 Å². The maximum absolute atomic E-state index is 13.9. The van der Waals surface area contributed by atoms with E-state index in [2.05, 4.69) is 24.2 Å². The molecule has 1 saturated heterocycles. The Morgan fingerprint density at radius 1 is 1.43 bits per heavy atom. The third-order valence-electron chi connectivity index (χ3n) is 4.01. The van der Waals surface area contributed by atoms with Gasteiger partial charge in [-0.1, -0.05) is 6.92 Å². The van der Waals surface area contributed by atoms with E-state index in [0.29, 0.717) is 18.0 Å². The number of nitrogens with one attached hydrogen (secondary N) is 1. The average Bonchev–Trinajstić information content (AvgIpc) is 2.48. The van der Waals surface area contributed by atoms with Gasteiger partial charge in [0, 0.05) is 30.1 Å². The number of hydrogen-bond donors (Lipinski definition) is 1. The smallest absolute Gasteiger partial charge is 0.126 e. The van der Waals surface area contributed by atoms with Crippen molar-refractivity contribution in [2.24, 2.45) is 0 Å². The van der Waals surface area contributed by atoms with E-state index in [-0.39, 0.29) is 17.7 Å². The van der Waals surface area contributed by atoms with E-state index in [1.807, 2.05) is 11.8 Å². The zero-order valence-corrected chi connectivity index (χ0v) is 13.6. The Bertz CT molecular complexity index is 456. The van der Waals surface area contributed by atoms with Crippen LogP contribution < -0.4 is 5.32 Å². The van der Waals surface area contributed by atoms with Crippen LogP contribution in [-0.4, -0.2) is 48.6 Å². The van der Waals surface area contributed by atoms with E-state index in [4.69, 9.17) is 0 Å². The summed E-state index contributed by atoms with van der Waals surface area (Å²) in [5.41, 5.74) is 0.465. The van der Waals surface area contributed by atoms with Gasteiger partial charge in [0.05, 0.1) is 0 Å². The van der Waals surface area contributed by atoms with Gasteiger partial charge >= 0.3 is 0 Å². The third-order valence-corrected chi connectivity index (χ3v) is 5.06. The summed E-state index contributed by atoms with van der Waals surface area (Å²) < 4.78 is 27.3. The summed E-state index contributed by atoms with van der Waals surface area (Å²) in [6, 6.07) is 4.24. The van der Waals surface area contributed by atoms with Gasteiger partial charge in [0.25, 0.3) is 0 Å². The lowest BCUT2D eigenvalue weighted by Gasteiger charge is -2.38. The highest BCUT2D eigenvalue weighted by Crippen LogP contribution is 2.21. The van der Waals surface area contributed by atoms with E-state index in [0.717, 1.165) is 31.0 Å². The van der Waals surface area contributed by atoms with Gasteiger partial charge in [-0.15, -0.1) is 0 Å². The van der Waals surface area contributed by atoms with Crippen molar-refractivity contribution >= 4 is 11.8 Å². The van der Waals surface area contributed by atoms with E-state index in [9.17, 15) is 8.78 Å². The number of halogens is 2. The first-order valence-corrected chi connectivity index (χ1v) is 8.72. The summed E-state index contributed by atoms with van der Waals surface area (Å²) in [6.45, 7) is 4.06. The van der Waals surface area contributed by atoms with Gasteiger partial charge in [-0.05, 0) is 50.2 Å². The van der Waals surface area contributed by atoms with Crippen LogP contribution >= 0.6 is 11.8 Å². The lowest BCUT2D eigenvalue weighted by molar-refractivity contribution is 0.213. The first-order valence-electron chi connectivity index (χ1n) is 7.57. The van der Waals surface area contributed by atoms with Crippen LogP contribution in [0.15, 0.2) is 18.2 Å². The summed E-state index contributed by atoms with van der Waals surface area (Å²) in [6.07, 6.45) is 1.56. The van der Waals surface area contributed by atoms with Gasteiger partial charge < -0.3 is 10.2 Å². The van der Waals surface area contributed by atoms with Gasteiger partial charge in [-0.25, -0.2) is 8.78 Å². The van der Waals surface area contributed by atoms with Crippen molar-refractivity contribution in [3.05, 3.63) is 35.4 Å². The van der Waals surface area contributed by atoms with Crippen LogP contribution in [-0.2, 0) is 6.42 Å². The first-order chi connectivity index (χ1) is 10.1. The topological polar surface area (TPSA) is 15.3 Å². The molecule has 1 aromatic rings. The van der Waals surface area contributed by atoms with Crippen molar-refractivity contribution in [3.63, 3.8) is 0 Å². The summed E-state index contributed by atoms with van der Waals surface area (Å²) in [7, 11) is 2.12. The molecule has 0 bridgehead atoms. The lowest BCUT2D eigenvalue weighted by Crippen LogP contribution is -2.54. The fourth-order valence-electron chi connectivity index (χ4n) is 2.74. The molecule has 0 radical (unpaired) electrons. The van der Waals surface area contributed by atoms with Gasteiger partial charge in [0.15, 0.2) is 0 Å². The van der Waals surface area contributed by atoms with Crippen LogP contribution in [0.25, 0.3) is 0 Å². The maximum Gasteiger partial charge on any atom is 0.126 e. The number of likely N-dealkylation sites (N-methyl/N-ethyl adjacent to an activating group) is 1. The molecule has 0 amide bonds. The lowest BCUT2D eigenvalue weighted by atomic mass is 9.98. The minimum atomic E-state index is -0.369. The molecule has 1 heterocycles. The van der Waals surface area contributed by atoms with Crippen LogP contribution in [0.3, 0.4) is 0 Å². The Morgan fingerprint density at radius 2 is 2.24 bits per heavy atom. The summed E-state index contributed by atoms with van der Waals surface area (Å²) >= 11 is 1.94. The average molecular weight is 314 g/mol. The van der Waals surface area contributed by atoms with Gasteiger partial charge in [0.2, 0.25) is 0 Å². The highest BCUT2D eigenvalue weighted by atomic mass is 32.2. The number of benzene rings is 1. The Labute approximate surface area is 130 Å². The predicted octanol–water partition coefficient (Wildman–Crippen LogP) is 2.92. The number of thioether (sulfide) groups is 1. The molecule has 1 fully saturated rings. The molecule has 0 aliphatic carbocycles. The molecule has 1 N–H and O–H groups in total. The zero-order chi connectivity index (χ0) is 15.2. The normalized spacial score (nSPS) is 21.4. The highest BCUT2D eigenvalue weighted by molar-refractivity contribution is 7.99. The predicted molar refractivity (Wildman–Crippen MR) is 85.9 cm³/mol. The molecule has 2 unspecified atom stereocenters. The molecule has 0 spiro atoms. The van der Waals surface area contributed by atoms with Gasteiger partial charge in [0.1, 0.15) is 11.6 Å². The number of nitrogens with zero attached hydrogens (tertiary/aromatic N) is 1. The minimum absolute atomic E-state index is 0.152. The molecule has 1 aliphatic rings. The second-order valence-corrected chi connectivity index (χ2v) is 6.77. The highest BCUT2D eigenvalue weighted by Gasteiger charge is 2.28. The summed E-state index contributed by atoms with van der Waals surface area (Å²) in [4.78, 5) is 2.33. The third kappa shape index (κ3) is 4.66. The largest absolute Gasteiger partial charge is 0.312 e. The maximum atomic E-state index is 13.9. The van der Waals surface area contributed by atoms with E-state index < -0.39 is 0 Å². The van der Waals surface area contributed by atoms with Crippen molar-refractivity contribution in [2.45, 2.75) is 31.8 Å². The number of rotatable bonds is 6. The second kappa shape index (κ2) is 8.11. The van der Waals surface area contributed by atoms with Crippen LogP contribution in [0, 0.1) is 11.6 Å². The molecule has 5 heteroatoms. The van der Waals surface area contributed by atoms with Crippen molar-refractivity contribution in [3.8, 4) is 0 Å². The second-order valence-electron chi connectivity index (χ2n) is 5.62. The van der Waals surface area contributed by atoms with Crippen molar-refractivity contribution < 1.29 is 8.78 Å². The van der Waals surface area contributed by atoms with Crippen LogP contribution in [0.4, 0.5) is 8.78 Å². The van der Waals surface area contributed by atoms with E-state index in [1.54, 1.807) is 0 Å². The van der Waals surface area contributed by atoms with Crippen LogP contribution in [0.2, 0.25) is 0 Å². The molecule has 118 valence electrons. The fourth-order valence-corrected chi connectivity index (χ4v) is 4.05. The Morgan fingerprint density at radius 3 is 2.95 bits per heavy atom. The van der Waals surface area contributed by atoms with Crippen molar-refractivity contribution in [1.29, 1.82) is 0 Å². The fraction of sp³-hybridized carbons (Fsp3) is 0.625. The number of hydrogen-bond acceptors (Lipinski definition) is 3.